The predicted octanol–water partition coefficient (Wildman–Crippen LogP) is 5.45. The fourth-order valence-electron chi connectivity index (χ4n) is 3.16. The highest BCUT2D eigenvalue weighted by Gasteiger charge is 2.33. The Morgan fingerprint density at radius 2 is 1.58 bits per heavy atom. The lowest BCUT2D eigenvalue weighted by Gasteiger charge is -2.33. The van der Waals surface area contributed by atoms with Crippen LogP contribution in [0.3, 0.4) is 0 Å². The lowest BCUT2D eigenvalue weighted by Crippen LogP contribution is -2.45. The van der Waals surface area contributed by atoms with E-state index in [4.69, 9.17) is 15.8 Å². The summed E-state index contributed by atoms with van der Waals surface area (Å²) in [4.78, 5) is 0.172. The Balaban J connectivity index is 2.07. The Kier molecular flexibility index (Phi) is 6.78. The van der Waals surface area contributed by atoms with E-state index in [1.165, 1.54) is 5.19 Å². The topological polar surface area (TPSA) is 43.4 Å². The van der Waals surface area contributed by atoms with Gasteiger partial charge in [-0.05, 0) is 47.9 Å². The fourth-order valence-corrected chi connectivity index (χ4v) is 8.39. The van der Waals surface area contributed by atoms with Gasteiger partial charge in [0.25, 0.3) is 10.1 Å². The second-order valence-corrected chi connectivity index (χ2v) is 15.6. The number of halogens is 2. The van der Waals surface area contributed by atoms with Crippen LogP contribution < -0.4 is 5.19 Å². The Labute approximate surface area is 171 Å². The molecule has 2 rings (SSSR count). The van der Waals surface area contributed by atoms with Crippen molar-refractivity contribution in [2.24, 2.45) is 5.41 Å². The van der Waals surface area contributed by atoms with Crippen LogP contribution in [0.5, 0.6) is 0 Å². The van der Waals surface area contributed by atoms with Crippen molar-refractivity contribution in [2.45, 2.75) is 37.9 Å². The molecule has 0 heterocycles. The van der Waals surface area contributed by atoms with Gasteiger partial charge in [-0.3, -0.25) is 4.18 Å². The molecule has 0 aliphatic carbocycles. The van der Waals surface area contributed by atoms with Gasteiger partial charge >= 0.3 is 0 Å². The molecular weight excluding hydrogens is 452 g/mol. The lowest BCUT2D eigenvalue weighted by molar-refractivity contribution is 0.202. The molecule has 0 fully saturated rings. The molecule has 0 unspecified atom stereocenters. The normalized spacial score (nSPS) is 13.0. The Morgan fingerprint density at radius 3 is 2.12 bits per heavy atom. The number of benzene rings is 2. The van der Waals surface area contributed by atoms with E-state index in [-0.39, 0.29) is 16.9 Å². The molecule has 0 N–H and O–H groups in total. The highest BCUT2D eigenvalue weighted by Crippen LogP contribution is 2.30. The lowest BCUT2D eigenvalue weighted by atomic mass is 9.98. The predicted molar refractivity (Wildman–Crippen MR) is 114 cm³/mol. The van der Waals surface area contributed by atoms with Crippen molar-refractivity contribution in [3.8, 4) is 0 Å². The summed E-state index contributed by atoms with van der Waals surface area (Å²) in [6.45, 7) is 8.81. The van der Waals surface area contributed by atoms with Crippen LogP contribution in [0.4, 0.5) is 0 Å². The van der Waals surface area contributed by atoms with Crippen LogP contribution in [-0.2, 0) is 14.3 Å². The molecule has 0 aromatic heterocycles. The van der Waals surface area contributed by atoms with Crippen LogP contribution in [0, 0.1) is 5.41 Å². The summed E-state index contributed by atoms with van der Waals surface area (Å²) in [5.74, 6) is 0. The summed E-state index contributed by atoms with van der Waals surface area (Å²) < 4.78 is 31.1. The second kappa shape index (κ2) is 8.15. The SMILES string of the molecule is CC(C)(COS(=O)(=O)c1ccc(Br)cc1)C[Si](C)(C)c1ccc(Cl)cc1. The quantitative estimate of drug-likeness (QED) is 0.395. The van der Waals surface area contributed by atoms with Crippen LogP contribution in [0.2, 0.25) is 24.2 Å². The smallest absolute Gasteiger partial charge is 0.266 e. The van der Waals surface area contributed by atoms with E-state index in [0.717, 1.165) is 15.5 Å². The van der Waals surface area contributed by atoms with Gasteiger partial charge in [-0.25, -0.2) is 0 Å². The van der Waals surface area contributed by atoms with E-state index in [2.05, 4.69) is 55.0 Å². The van der Waals surface area contributed by atoms with E-state index >= 15 is 0 Å². The van der Waals surface area contributed by atoms with Crippen molar-refractivity contribution in [3.63, 3.8) is 0 Å². The zero-order valence-corrected chi connectivity index (χ0v) is 19.6. The maximum absolute atomic E-state index is 12.4. The summed E-state index contributed by atoms with van der Waals surface area (Å²) in [5.41, 5.74) is -0.266. The molecule has 0 radical (unpaired) electrons. The standard InChI is InChI=1S/C19H24BrClO3SSi/c1-19(2,14-26(3,4)18-11-7-16(21)8-12-18)13-24-25(22,23)17-9-5-15(20)6-10-17/h5-12H,13-14H2,1-4H3. The molecule has 0 bridgehead atoms. The molecule has 26 heavy (non-hydrogen) atoms. The highest BCUT2D eigenvalue weighted by molar-refractivity contribution is 9.10. The van der Waals surface area contributed by atoms with Gasteiger partial charge in [0.1, 0.15) is 0 Å². The van der Waals surface area contributed by atoms with Gasteiger partial charge in [-0.2, -0.15) is 8.42 Å². The summed E-state index contributed by atoms with van der Waals surface area (Å²) in [5, 5.41) is 2.02. The zero-order valence-electron chi connectivity index (χ0n) is 15.4. The van der Waals surface area contributed by atoms with Gasteiger partial charge in [0.15, 0.2) is 0 Å². The van der Waals surface area contributed by atoms with Crippen LogP contribution >= 0.6 is 27.5 Å². The van der Waals surface area contributed by atoms with Gasteiger partial charge < -0.3 is 0 Å². The second-order valence-electron chi connectivity index (χ2n) is 7.90. The monoisotopic (exact) mass is 474 g/mol. The molecule has 7 heteroatoms. The van der Waals surface area contributed by atoms with Crippen LogP contribution in [0.1, 0.15) is 13.8 Å². The maximum atomic E-state index is 12.4. The number of rotatable bonds is 7. The van der Waals surface area contributed by atoms with Gasteiger partial charge in [0.2, 0.25) is 0 Å². The molecular formula is C19H24BrClO3SSi. The van der Waals surface area contributed by atoms with E-state index in [1.54, 1.807) is 24.3 Å². The van der Waals surface area contributed by atoms with Gasteiger partial charge in [-0.15, -0.1) is 0 Å². The molecule has 3 nitrogen and oxygen atoms in total. The van der Waals surface area contributed by atoms with E-state index in [0.29, 0.717) is 0 Å². The molecule has 142 valence electrons. The molecule has 2 aromatic rings. The third kappa shape index (κ3) is 5.92. The zero-order chi connectivity index (χ0) is 19.6. The average molecular weight is 476 g/mol. The highest BCUT2D eigenvalue weighted by atomic mass is 79.9. The van der Waals surface area contributed by atoms with Crippen molar-refractivity contribution in [2.75, 3.05) is 6.61 Å². The third-order valence-electron chi connectivity index (χ3n) is 4.25. The summed E-state index contributed by atoms with van der Waals surface area (Å²) in [6.07, 6.45) is 0. The fraction of sp³-hybridized carbons (Fsp3) is 0.368. The van der Waals surface area contributed by atoms with E-state index in [1.807, 2.05) is 12.1 Å². The third-order valence-corrected chi connectivity index (χ3v) is 10.0. The molecule has 0 saturated carbocycles. The summed E-state index contributed by atoms with van der Waals surface area (Å²) >= 11 is 9.29. The molecule has 0 aliphatic heterocycles. The van der Waals surface area contributed by atoms with Gasteiger partial charge in [0.05, 0.1) is 19.6 Å². The van der Waals surface area contributed by atoms with Crippen molar-refractivity contribution in [1.82, 2.24) is 0 Å². The first-order chi connectivity index (χ1) is 11.9. The minimum absolute atomic E-state index is 0.148. The van der Waals surface area contributed by atoms with Crippen molar-refractivity contribution >= 4 is 50.9 Å². The minimum atomic E-state index is -3.76. The van der Waals surface area contributed by atoms with Crippen LogP contribution in [0.25, 0.3) is 0 Å². The minimum Gasteiger partial charge on any atom is -0.266 e. The Bertz CT molecular complexity index is 847. The van der Waals surface area contributed by atoms with E-state index < -0.39 is 18.2 Å². The number of hydrogen-bond acceptors (Lipinski definition) is 3. The first kappa shape index (κ1) is 21.6. The Hall–Kier alpha value is -0.663. The summed E-state index contributed by atoms with van der Waals surface area (Å²) in [6, 6.07) is 15.3. The maximum Gasteiger partial charge on any atom is 0.296 e. The van der Waals surface area contributed by atoms with Gasteiger partial charge in [0, 0.05) is 9.50 Å². The first-order valence-electron chi connectivity index (χ1n) is 8.32. The van der Waals surface area contributed by atoms with Crippen LogP contribution in [0.15, 0.2) is 57.9 Å². The Morgan fingerprint density at radius 1 is 1.04 bits per heavy atom. The molecule has 0 amide bonds. The molecule has 2 aromatic carbocycles. The van der Waals surface area contributed by atoms with Crippen LogP contribution in [-0.4, -0.2) is 23.1 Å². The molecule has 0 saturated heterocycles. The van der Waals surface area contributed by atoms with Gasteiger partial charge in [-0.1, -0.05) is 71.8 Å². The first-order valence-corrected chi connectivity index (χ1v) is 14.1. The van der Waals surface area contributed by atoms with Crippen molar-refractivity contribution in [1.29, 1.82) is 0 Å². The summed E-state index contributed by atoms with van der Waals surface area (Å²) in [7, 11) is -5.52. The van der Waals surface area contributed by atoms with Crippen molar-refractivity contribution < 1.29 is 12.6 Å². The number of hydrogen-bond donors (Lipinski definition) is 0. The van der Waals surface area contributed by atoms with Crippen molar-refractivity contribution in [3.05, 3.63) is 58.0 Å². The van der Waals surface area contributed by atoms with E-state index in [9.17, 15) is 8.42 Å². The molecule has 0 atom stereocenters. The molecule has 0 aliphatic rings. The average Bonchev–Trinajstić information content (AvgIpc) is 2.53. The molecule has 0 spiro atoms. The largest absolute Gasteiger partial charge is 0.296 e.